The van der Waals surface area contributed by atoms with Gasteiger partial charge in [-0.1, -0.05) is 23.7 Å². The van der Waals surface area contributed by atoms with Crippen LogP contribution in [0.4, 0.5) is 0 Å². The average Bonchev–Trinajstić information content (AvgIpc) is 3.42. The number of ether oxygens (including phenoxy) is 2. The van der Waals surface area contributed by atoms with Gasteiger partial charge >= 0.3 is 5.97 Å². The number of fused-ring (bicyclic) bond motifs is 2. The molecule has 5 rings (SSSR count). The lowest BCUT2D eigenvalue weighted by Gasteiger charge is -2.29. The summed E-state index contributed by atoms with van der Waals surface area (Å²) in [6, 6.07) is 11.7. The largest absolute Gasteiger partial charge is 0.464 e. The molecule has 0 N–H and O–H groups in total. The Morgan fingerprint density at radius 3 is 2.56 bits per heavy atom. The van der Waals surface area contributed by atoms with E-state index in [1.807, 2.05) is 77.3 Å². The second-order valence-electron chi connectivity index (χ2n) is 10.2. The summed E-state index contributed by atoms with van der Waals surface area (Å²) < 4.78 is 15.3. The number of carbonyl (C=O) groups is 1. The molecule has 0 amide bonds. The topological polar surface area (TPSA) is 79.1 Å². The molecule has 0 bridgehead atoms. The third-order valence-corrected chi connectivity index (χ3v) is 8.15. The zero-order valence-corrected chi connectivity index (χ0v) is 25.7. The highest BCUT2D eigenvalue weighted by molar-refractivity contribution is 9.10. The van der Waals surface area contributed by atoms with Gasteiger partial charge in [-0.15, -0.1) is 11.3 Å². The van der Waals surface area contributed by atoms with Gasteiger partial charge in [-0.05, 0) is 85.9 Å². The van der Waals surface area contributed by atoms with Gasteiger partial charge in [-0.25, -0.2) is 19.4 Å². The SMILES string of the molecule is CCOC(=O)[C@@H](OC(C)(C)C)c1c(C)cc2nc(-c3cnc4c(c3)c(Br)nn4C)sc2c1-c1ccc(Cl)cc1. The summed E-state index contributed by atoms with van der Waals surface area (Å²) in [7, 11) is 1.86. The van der Waals surface area contributed by atoms with E-state index < -0.39 is 17.7 Å². The van der Waals surface area contributed by atoms with Crippen molar-refractivity contribution < 1.29 is 14.3 Å². The fourth-order valence-corrected chi connectivity index (χ4v) is 6.35. The predicted molar refractivity (Wildman–Crippen MR) is 160 cm³/mol. The second kappa shape index (κ2) is 10.6. The molecule has 0 aliphatic carbocycles. The zero-order chi connectivity index (χ0) is 28.1. The molecular weight excluding hydrogens is 600 g/mol. The fourth-order valence-electron chi connectivity index (χ4n) is 4.59. The number of aromatic nitrogens is 4. The van der Waals surface area contributed by atoms with E-state index in [4.69, 9.17) is 26.1 Å². The average molecular weight is 628 g/mol. The maximum atomic E-state index is 13.3. The number of hydrogen-bond acceptors (Lipinski definition) is 7. The lowest BCUT2D eigenvalue weighted by atomic mass is 9.91. The summed E-state index contributed by atoms with van der Waals surface area (Å²) in [5, 5.41) is 6.76. The van der Waals surface area contributed by atoms with Crippen LogP contribution in [0.1, 0.15) is 44.9 Å². The van der Waals surface area contributed by atoms with Crippen LogP contribution in [0.2, 0.25) is 5.02 Å². The van der Waals surface area contributed by atoms with Crippen molar-refractivity contribution in [2.45, 2.75) is 46.3 Å². The van der Waals surface area contributed by atoms with Gasteiger partial charge in [0.1, 0.15) is 9.61 Å². The molecule has 0 saturated carbocycles. The molecule has 0 aliphatic heterocycles. The molecule has 39 heavy (non-hydrogen) atoms. The van der Waals surface area contributed by atoms with Crippen LogP contribution in [0.25, 0.3) is 42.9 Å². The van der Waals surface area contributed by atoms with Crippen LogP contribution in [0.3, 0.4) is 0 Å². The first-order valence-corrected chi connectivity index (χ1v) is 14.5. The van der Waals surface area contributed by atoms with Crippen molar-refractivity contribution in [3.05, 3.63) is 63.3 Å². The summed E-state index contributed by atoms with van der Waals surface area (Å²) >= 11 is 11.3. The Balaban J connectivity index is 1.78. The molecule has 1 atom stereocenters. The van der Waals surface area contributed by atoms with Crippen LogP contribution in [0, 0.1) is 6.92 Å². The van der Waals surface area contributed by atoms with Crippen LogP contribution < -0.4 is 0 Å². The van der Waals surface area contributed by atoms with Crippen molar-refractivity contribution in [3.8, 4) is 21.7 Å². The van der Waals surface area contributed by atoms with E-state index >= 15 is 0 Å². The molecule has 0 unspecified atom stereocenters. The monoisotopic (exact) mass is 626 g/mol. The number of rotatable bonds is 6. The molecule has 7 nitrogen and oxygen atoms in total. The minimum atomic E-state index is -0.921. The molecule has 3 heterocycles. The first kappa shape index (κ1) is 27.7. The van der Waals surface area contributed by atoms with Gasteiger partial charge in [-0.3, -0.25) is 0 Å². The van der Waals surface area contributed by atoms with E-state index in [1.54, 1.807) is 22.9 Å². The van der Waals surface area contributed by atoms with E-state index in [9.17, 15) is 4.79 Å². The number of nitrogens with zero attached hydrogens (tertiary/aromatic N) is 4. The number of aryl methyl sites for hydroxylation is 2. The number of esters is 1. The molecule has 10 heteroatoms. The van der Waals surface area contributed by atoms with Crippen molar-refractivity contribution in [1.29, 1.82) is 0 Å². The number of thiazole rings is 1. The van der Waals surface area contributed by atoms with Crippen LogP contribution >= 0.6 is 38.9 Å². The van der Waals surface area contributed by atoms with E-state index in [2.05, 4.69) is 26.0 Å². The molecule has 0 fully saturated rings. The van der Waals surface area contributed by atoms with Gasteiger partial charge in [-0.2, -0.15) is 5.10 Å². The highest BCUT2D eigenvalue weighted by atomic mass is 79.9. The lowest BCUT2D eigenvalue weighted by molar-refractivity contribution is -0.166. The molecule has 0 aliphatic rings. The van der Waals surface area contributed by atoms with Crippen molar-refractivity contribution in [2.75, 3.05) is 6.61 Å². The van der Waals surface area contributed by atoms with Crippen molar-refractivity contribution >= 4 is 66.1 Å². The molecule has 3 aromatic heterocycles. The van der Waals surface area contributed by atoms with Gasteiger partial charge in [0, 0.05) is 35.0 Å². The molecule has 0 spiro atoms. The maximum Gasteiger partial charge on any atom is 0.339 e. The van der Waals surface area contributed by atoms with Gasteiger partial charge in [0.2, 0.25) is 0 Å². The lowest BCUT2D eigenvalue weighted by Crippen LogP contribution is -2.29. The summed E-state index contributed by atoms with van der Waals surface area (Å²) in [4.78, 5) is 23.0. The van der Waals surface area contributed by atoms with E-state index in [-0.39, 0.29) is 6.61 Å². The van der Waals surface area contributed by atoms with E-state index in [1.165, 1.54) is 0 Å². The van der Waals surface area contributed by atoms with Gasteiger partial charge in [0.15, 0.2) is 11.8 Å². The summed E-state index contributed by atoms with van der Waals surface area (Å²) in [5.74, 6) is -0.425. The van der Waals surface area contributed by atoms with E-state index in [0.29, 0.717) is 5.02 Å². The first-order chi connectivity index (χ1) is 18.5. The quantitative estimate of drug-likeness (QED) is 0.177. The third kappa shape index (κ3) is 5.45. The Morgan fingerprint density at radius 1 is 1.18 bits per heavy atom. The van der Waals surface area contributed by atoms with Gasteiger partial charge in [0.25, 0.3) is 0 Å². The maximum absolute atomic E-state index is 13.3. The Hall–Kier alpha value is -2.85. The molecule has 0 radical (unpaired) electrons. The molecule has 5 aromatic rings. The highest BCUT2D eigenvalue weighted by Crippen LogP contribution is 2.45. The van der Waals surface area contributed by atoms with Crippen LogP contribution in [-0.4, -0.2) is 37.9 Å². The normalized spacial score (nSPS) is 12.8. The van der Waals surface area contributed by atoms with Crippen LogP contribution in [-0.2, 0) is 21.3 Å². The minimum absolute atomic E-state index is 0.254. The number of benzene rings is 2. The molecule has 0 saturated heterocycles. The Morgan fingerprint density at radius 2 is 1.90 bits per heavy atom. The predicted octanol–water partition coefficient (Wildman–Crippen LogP) is 8.06. The summed E-state index contributed by atoms with van der Waals surface area (Å²) in [5.41, 5.74) is 5.33. The Labute approximate surface area is 244 Å². The van der Waals surface area contributed by atoms with Gasteiger partial charge < -0.3 is 9.47 Å². The van der Waals surface area contributed by atoms with Crippen LogP contribution in [0.15, 0.2) is 47.2 Å². The number of hydrogen-bond donors (Lipinski definition) is 0. The third-order valence-electron chi connectivity index (χ3n) is 6.18. The van der Waals surface area contributed by atoms with Crippen molar-refractivity contribution in [2.24, 2.45) is 7.05 Å². The summed E-state index contributed by atoms with van der Waals surface area (Å²) in [6.07, 6.45) is 0.892. The minimum Gasteiger partial charge on any atom is -0.464 e. The van der Waals surface area contributed by atoms with Crippen molar-refractivity contribution in [1.82, 2.24) is 19.7 Å². The van der Waals surface area contributed by atoms with Crippen LogP contribution in [0.5, 0.6) is 0 Å². The number of carbonyl (C=O) groups excluding carboxylic acids is 1. The van der Waals surface area contributed by atoms with E-state index in [0.717, 1.165) is 58.7 Å². The standard InChI is InChI=1S/C29H28BrClN4O3S/c1-7-37-28(36)23(38-29(3,4)5)21-15(2)12-20-24(22(21)16-8-10-18(31)11-9-16)39-27(33-20)17-13-19-25(30)34-35(6)26(19)32-14-17/h8-14,23H,7H2,1-6H3/t23-/m0/s1. The Kier molecular flexibility index (Phi) is 7.54. The summed E-state index contributed by atoms with van der Waals surface area (Å²) in [6.45, 7) is 9.82. The number of pyridine rings is 1. The second-order valence-corrected chi connectivity index (χ2v) is 12.4. The molecule has 202 valence electrons. The molecular formula is C29H28BrClN4O3S. The van der Waals surface area contributed by atoms with Gasteiger partial charge in [0.05, 0.1) is 27.8 Å². The van der Waals surface area contributed by atoms with Crippen molar-refractivity contribution in [3.63, 3.8) is 0 Å². The first-order valence-electron chi connectivity index (χ1n) is 12.5. The molecule has 2 aromatic carbocycles. The highest BCUT2D eigenvalue weighted by Gasteiger charge is 2.33. The fraction of sp³-hybridized carbons (Fsp3) is 0.310. The number of halogens is 2. The smallest absolute Gasteiger partial charge is 0.339 e. The Bertz CT molecular complexity index is 1710. The zero-order valence-electron chi connectivity index (χ0n) is 22.5.